The Kier molecular flexibility index (Phi) is 2.14. The second-order valence-corrected chi connectivity index (χ2v) is 3.44. The van der Waals surface area contributed by atoms with Crippen LogP contribution in [0.3, 0.4) is 0 Å². The van der Waals surface area contributed by atoms with Crippen molar-refractivity contribution in [2.75, 3.05) is 6.54 Å². The van der Waals surface area contributed by atoms with Crippen LogP contribution in [0.4, 0.5) is 0 Å². The van der Waals surface area contributed by atoms with E-state index in [1.807, 2.05) is 44.4 Å². The number of aromatic nitrogens is 4. The molecule has 0 amide bonds. The molecule has 6 nitrogen and oxygen atoms in total. The van der Waals surface area contributed by atoms with Crippen LogP contribution in [0.5, 0.6) is 0 Å². The number of azo groups is 1. The fourth-order valence-electron chi connectivity index (χ4n) is 1.72. The molecule has 0 spiro atoms. The van der Waals surface area contributed by atoms with Crippen molar-refractivity contribution in [3.8, 4) is 0 Å². The molecule has 16 heavy (non-hydrogen) atoms. The first-order valence-electron chi connectivity index (χ1n) is 5.06. The summed E-state index contributed by atoms with van der Waals surface area (Å²) in [5, 5.41) is 12.8. The predicted molar refractivity (Wildman–Crippen MR) is 57.7 cm³/mol. The molecule has 0 saturated heterocycles. The maximum atomic E-state index is 4.28. The number of rotatable bonds is 3. The minimum absolute atomic E-state index is 0.139. The third-order valence-corrected chi connectivity index (χ3v) is 2.40. The molecule has 0 aromatic carbocycles. The molecule has 0 aliphatic carbocycles. The first-order valence-corrected chi connectivity index (χ1v) is 5.06. The molecule has 0 unspecified atom stereocenters. The van der Waals surface area contributed by atoms with E-state index in [4.69, 9.17) is 0 Å². The van der Waals surface area contributed by atoms with E-state index in [0.717, 1.165) is 6.54 Å². The molecule has 3 rings (SSSR count). The fraction of sp³-hybridized carbons (Fsp3) is 0.111. The summed E-state index contributed by atoms with van der Waals surface area (Å²) < 4.78 is 5.56. The van der Waals surface area contributed by atoms with E-state index in [2.05, 4.69) is 15.3 Å². The SMILES string of the molecule is C1=CN=[N+](B(n2cccn2)n2cccn2)C1. The van der Waals surface area contributed by atoms with Gasteiger partial charge in [-0.1, -0.05) is 0 Å². The maximum absolute atomic E-state index is 4.28. The standard InChI is InChI=1S/C9H10BN6/c1-4-11-14(7-1)10(15-8-2-5-12-15)16-9-3-6-13-16/h1-8H,9H2/q+1. The maximum Gasteiger partial charge on any atom is 0.815 e. The van der Waals surface area contributed by atoms with Crippen LogP contribution in [0, 0.1) is 0 Å². The number of hydrogen-bond donors (Lipinski definition) is 0. The minimum atomic E-state index is -0.139. The van der Waals surface area contributed by atoms with Gasteiger partial charge in [0.05, 0.1) is 6.20 Å². The zero-order valence-electron chi connectivity index (χ0n) is 8.59. The lowest BCUT2D eigenvalue weighted by Gasteiger charge is -2.04. The molecule has 0 atom stereocenters. The first kappa shape index (κ1) is 9.08. The van der Waals surface area contributed by atoms with Crippen molar-refractivity contribution >= 4 is 7.12 Å². The summed E-state index contributed by atoms with van der Waals surface area (Å²) >= 11 is 0. The molecule has 0 fully saturated rings. The van der Waals surface area contributed by atoms with Gasteiger partial charge in [-0.2, -0.15) is 14.8 Å². The quantitative estimate of drug-likeness (QED) is 0.695. The lowest BCUT2D eigenvalue weighted by molar-refractivity contribution is -0.450. The molecule has 0 N–H and O–H groups in total. The van der Waals surface area contributed by atoms with Gasteiger partial charge in [0, 0.05) is 30.9 Å². The molecule has 2 aromatic rings. The van der Waals surface area contributed by atoms with Crippen LogP contribution < -0.4 is 0 Å². The third-order valence-electron chi connectivity index (χ3n) is 2.40. The van der Waals surface area contributed by atoms with E-state index in [9.17, 15) is 0 Å². The summed E-state index contributed by atoms with van der Waals surface area (Å²) in [6, 6.07) is 3.78. The molecule has 0 radical (unpaired) electrons. The summed E-state index contributed by atoms with van der Waals surface area (Å²) in [5.74, 6) is 0. The van der Waals surface area contributed by atoms with E-state index in [1.54, 1.807) is 18.6 Å². The summed E-state index contributed by atoms with van der Waals surface area (Å²) in [6.45, 7) is 0.768. The summed E-state index contributed by atoms with van der Waals surface area (Å²) in [6.07, 6.45) is 11.1. The van der Waals surface area contributed by atoms with Crippen molar-refractivity contribution in [3.63, 3.8) is 0 Å². The normalized spacial score (nSPS) is 14.1. The van der Waals surface area contributed by atoms with Gasteiger partial charge in [-0.05, 0) is 17.2 Å². The molecule has 78 valence electrons. The van der Waals surface area contributed by atoms with E-state index < -0.39 is 0 Å². The van der Waals surface area contributed by atoms with Crippen LogP contribution in [0.15, 0.2) is 54.3 Å². The lowest BCUT2D eigenvalue weighted by Crippen LogP contribution is -2.44. The van der Waals surface area contributed by atoms with Crippen molar-refractivity contribution in [1.82, 2.24) is 19.4 Å². The molecule has 1 aliphatic heterocycles. The highest BCUT2D eigenvalue weighted by molar-refractivity contribution is 6.45. The highest BCUT2D eigenvalue weighted by Gasteiger charge is 2.42. The van der Waals surface area contributed by atoms with Crippen LogP contribution in [0.25, 0.3) is 0 Å². The predicted octanol–water partition coefficient (Wildman–Crippen LogP) is 0.453. The second kappa shape index (κ2) is 3.76. The van der Waals surface area contributed by atoms with Gasteiger partial charge in [-0.25, -0.2) is 9.19 Å². The molecular weight excluding hydrogens is 203 g/mol. The zero-order valence-corrected chi connectivity index (χ0v) is 8.59. The Hall–Kier alpha value is -2.18. The summed E-state index contributed by atoms with van der Waals surface area (Å²) in [7, 11) is -0.139. The van der Waals surface area contributed by atoms with Crippen LogP contribution in [0.2, 0.25) is 0 Å². The van der Waals surface area contributed by atoms with Gasteiger partial charge < -0.3 is 0 Å². The van der Waals surface area contributed by atoms with E-state index in [1.165, 1.54) is 0 Å². The van der Waals surface area contributed by atoms with Crippen molar-refractivity contribution in [3.05, 3.63) is 49.2 Å². The largest absolute Gasteiger partial charge is 0.815 e. The molecular formula is C9H10BN6+. The molecule has 3 heterocycles. The Morgan fingerprint density at radius 3 is 2.19 bits per heavy atom. The van der Waals surface area contributed by atoms with Crippen molar-refractivity contribution in [1.29, 1.82) is 0 Å². The highest BCUT2D eigenvalue weighted by atomic mass is 15.4. The Morgan fingerprint density at radius 2 is 1.75 bits per heavy atom. The zero-order chi connectivity index (χ0) is 10.8. The number of nitrogens with zero attached hydrogens (tertiary/aromatic N) is 6. The second-order valence-electron chi connectivity index (χ2n) is 3.44. The van der Waals surface area contributed by atoms with Crippen LogP contribution in [0.1, 0.15) is 0 Å². The third kappa shape index (κ3) is 1.46. The molecule has 1 aliphatic rings. The molecule has 0 bridgehead atoms. The summed E-state index contributed by atoms with van der Waals surface area (Å²) in [5.41, 5.74) is 0. The van der Waals surface area contributed by atoms with Gasteiger partial charge in [0.1, 0.15) is 0 Å². The van der Waals surface area contributed by atoms with Gasteiger partial charge in [-0.15, -0.1) is 0 Å². The Bertz CT molecular complexity index is 478. The average Bonchev–Trinajstić information content (AvgIpc) is 3.02. The van der Waals surface area contributed by atoms with Crippen molar-refractivity contribution < 1.29 is 4.61 Å². The average molecular weight is 213 g/mol. The van der Waals surface area contributed by atoms with Gasteiger partial charge in [0.25, 0.3) is 0 Å². The summed E-state index contributed by atoms with van der Waals surface area (Å²) in [4.78, 5) is 0. The number of hydrogen-bond acceptors (Lipinski definition) is 3. The van der Waals surface area contributed by atoms with Crippen LogP contribution >= 0.6 is 0 Å². The smallest absolute Gasteiger partial charge is 0.221 e. The topological polar surface area (TPSA) is 51.0 Å². The van der Waals surface area contributed by atoms with E-state index in [-0.39, 0.29) is 7.12 Å². The van der Waals surface area contributed by atoms with Crippen molar-refractivity contribution in [2.45, 2.75) is 0 Å². The van der Waals surface area contributed by atoms with E-state index >= 15 is 0 Å². The van der Waals surface area contributed by atoms with Gasteiger partial charge in [0.15, 0.2) is 6.54 Å². The molecule has 0 saturated carbocycles. The fourth-order valence-corrected chi connectivity index (χ4v) is 1.72. The van der Waals surface area contributed by atoms with Crippen molar-refractivity contribution in [2.24, 2.45) is 5.11 Å². The first-order chi connectivity index (χ1) is 7.95. The van der Waals surface area contributed by atoms with Crippen LogP contribution in [-0.2, 0) is 0 Å². The Balaban J connectivity index is 2.02. The molecule has 7 heteroatoms. The van der Waals surface area contributed by atoms with E-state index in [0.29, 0.717) is 0 Å². The van der Waals surface area contributed by atoms with Gasteiger partial charge >= 0.3 is 7.12 Å². The van der Waals surface area contributed by atoms with Crippen LogP contribution in [-0.4, -0.2) is 37.7 Å². The van der Waals surface area contributed by atoms with Gasteiger partial charge in [-0.3, -0.25) is 0 Å². The minimum Gasteiger partial charge on any atom is -0.221 e. The Morgan fingerprint density at radius 1 is 1.06 bits per heavy atom. The van der Waals surface area contributed by atoms with Gasteiger partial charge in [0.2, 0.25) is 0 Å². The lowest BCUT2D eigenvalue weighted by atomic mass is 9.94. The highest BCUT2D eigenvalue weighted by Crippen LogP contribution is 2.02. The molecule has 2 aromatic heterocycles. The monoisotopic (exact) mass is 213 g/mol. The Labute approximate surface area is 92.6 Å².